The van der Waals surface area contributed by atoms with Gasteiger partial charge in [-0.05, 0) is 25.1 Å². The molecular formula is C15H20ClN3O. The van der Waals surface area contributed by atoms with Crippen molar-refractivity contribution in [3.8, 4) is 0 Å². The summed E-state index contributed by atoms with van der Waals surface area (Å²) >= 11 is 5.84. The minimum absolute atomic E-state index is 0.115. The lowest BCUT2D eigenvalue weighted by atomic mass is 10.2. The van der Waals surface area contributed by atoms with Crippen LogP contribution >= 0.6 is 11.6 Å². The molecule has 0 radical (unpaired) electrons. The molecule has 1 rings (SSSR count). The number of hydrogen-bond acceptors (Lipinski definition) is 3. The smallest absolute Gasteiger partial charge is 0.241 e. The van der Waals surface area contributed by atoms with E-state index < -0.39 is 0 Å². The summed E-state index contributed by atoms with van der Waals surface area (Å²) < 4.78 is 0. The molecule has 108 valence electrons. The highest BCUT2D eigenvalue weighted by Crippen LogP contribution is 2.22. The zero-order valence-corrected chi connectivity index (χ0v) is 12.4. The summed E-state index contributed by atoms with van der Waals surface area (Å²) in [5, 5.41) is 3.29. The van der Waals surface area contributed by atoms with E-state index in [0.717, 1.165) is 0 Å². The molecule has 1 aromatic carbocycles. The average molecular weight is 294 g/mol. The summed E-state index contributed by atoms with van der Waals surface area (Å²) in [5.41, 5.74) is 6.77. The molecule has 0 aliphatic heterocycles. The lowest BCUT2D eigenvalue weighted by Gasteiger charge is -2.25. The van der Waals surface area contributed by atoms with Crippen molar-refractivity contribution in [2.45, 2.75) is 13.0 Å². The zero-order valence-electron chi connectivity index (χ0n) is 11.6. The highest BCUT2D eigenvalue weighted by molar-refractivity contribution is 6.33. The van der Waals surface area contributed by atoms with E-state index >= 15 is 0 Å². The van der Waals surface area contributed by atoms with Gasteiger partial charge in [0, 0.05) is 18.8 Å². The van der Waals surface area contributed by atoms with E-state index in [2.05, 4.69) is 18.5 Å². The highest BCUT2D eigenvalue weighted by atomic mass is 35.5. The SMILES string of the molecule is C=CCN(CC=C)C(C)C(=O)Nc1ccc(Cl)c(N)c1. The molecular weight excluding hydrogens is 274 g/mol. The topological polar surface area (TPSA) is 58.4 Å². The van der Waals surface area contributed by atoms with Crippen LogP contribution in [-0.4, -0.2) is 29.9 Å². The number of rotatable bonds is 7. The van der Waals surface area contributed by atoms with Gasteiger partial charge in [-0.2, -0.15) is 0 Å². The van der Waals surface area contributed by atoms with Crippen molar-refractivity contribution in [3.63, 3.8) is 0 Å². The summed E-state index contributed by atoms with van der Waals surface area (Å²) in [4.78, 5) is 14.2. The average Bonchev–Trinajstić information content (AvgIpc) is 2.42. The Morgan fingerprint density at radius 2 is 2.05 bits per heavy atom. The molecule has 0 aliphatic rings. The minimum atomic E-state index is -0.303. The third-order valence-corrected chi connectivity index (χ3v) is 3.26. The molecule has 0 fully saturated rings. The van der Waals surface area contributed by atoms with Crippen LogP contribution in [-0.2, 0) is 4.79 Å². The predicted molar refractivity (Wildman–Crippen MR) is 85.9 cm³/mol. The van der Waals surface area contributed by atoms with E-state index in [1.807, 2.05) is 11.8 Å². The third kappa shape index (κ3) is 4.40. The number of amides is 1. The fourth-order valence-corrected chi connectivity index (χ4v) is 1.87. The first kappa shape index (κ1) is 16.3. The third-order valence-electron chi connectivity index (χ3n) is 2.92. The van der Waals surface area contributed by atoms with Crippen LogP contribution in [0.1, 0.15) is 6.92 Å². The molecule has 1 aromatic rings. The van der Waals surface area contributed by atoms with Crippen LogP contribution in [0.3, 0.4) is 0 Å². The molecule has 5 heteroatoms. The van der Waals surface area contributed by atoms with Gasteiger partial charge < -0.3 is 11.1 Å². The minimum Gasteiger partial charge on any atom is -0.397 e. The Labute approximate surface area is 124 Å². The molecule has 0 bridgehead atoms. The lowest BCUT2D eigenvalue weighted by molar-refractivity contribution is -0.120. The van der Waals surface area contributed by atoms with E-state index in [-0.39, 0.29) is 11.9 Å². The number of anilines is 2. The van der Waals surface area contributed by atoms with Crippen LogP contribution in [0.4, 0.5) is 11.4 Å². The molecule has 0 spiro atoms. The number of nitrogens with zero attached hydrogens (tertiary/aromatic N) is 1. The maximum absolute atomic E-state index is 12.2. The van der Waals surface area contributed by atoms with E-state index in [9.17, 15) is 4.79 Å². The van der Waals surface area contributed by atoms with Crippen LogP contribution in [0.25, 0.3) is 0 Å². The van der Waals surface area contributed by atoms with E-state index in [4.69, 9.17) is 17.3 Å². The van der Waals surface area contributed by atoms with Crippen LogP contribution in [0.15, 0.2) is 43.5 Å². The quantitative estimate of drug-likeness (QED) is 0.600. The van der Waals surface area contributed by atoms with Crippen LogP contribution in [0, 0.1) is 0 Å². The maximum atomic E-state index is 12.2. The maximum Gasteiger partial charge on any atom is 0.241 e. The number of hydrogen-bond donors (Lipinski definition) is 2. The molecule has 1 atom stereocenters. The fraction of sp³-hybridized carbons (Fsp3) is 0.267. The lowest BCUT2D eigenvalue weighted by Crippen LogP contribution is -2.42. The number of nitrogens with one attached hydrogen (secondary N) is 1. The number of carbonyl (C=O) groups is 1. The van der Waals surface area contributed by atoms with Crippen LogP contribution < -0.4 is 11.1 Å². The van der Waals surface area contributed by atoms with Crippen molar-refractivity contribution in [2.24, 2.45) is 0 Å². The Hall–Kier alpha value is -1.78. The van der Waals surface area contributed by atoms with Crippen molar-refractivity contribution in [1.82, 2.24) is 4.90 Å². The second kappa shape index (κ2) is 7.72. The van der Waals surface area contributed by atoms with Gasteiger partial charge in [-0.3, -0.25) is 9.69 Å². The van der Waals surface area contributed by atoms with Gasteiger partial charge in [0.05, 0.1) is 16.8 Å². The first-order chi connectivity index (χ1) is 9.49. The largest absolute Gasteiger partial charge is 0.397 e. The van der Waals surface area contributed by atoms with Gasteiger partial charge in [-0.25, -0.2) is 0 Å². The van der Waals surface area contributed by atoms with Crippen molar-refractivity contribution in [2.75, 3.05) is 24.1 Å². The fourth-order valence-electron chi connectivity index (χ4n) is 1.76. The molecule has 0 aromatic heterocycles. The monoisotopic (exact) mass is 293 g/mol. The molecule has 1 unspecified atom stereocenters. The van der Waals surface area contributed by atoms with Gasteiger partial charge in [-0.1, -0.05) is 23.8 Å². The molecule has 1 amide bonds. The van der Waals surface area contributed by atoms with Gasteiger partial charge in [0.1, 0.15) is 0 Å². The molecule has 0 aliphatic carbocycles. The second-order valence-electron chi connectivity index (χ2n) is 4.43. The first-order valence-electron chi connectivity index (χ1n) is 6.31. The Kier molecular flexibility index (Phi) is 6.28. The molecule has 0 saturated carbocycles. The summed E-state index contributed by atoms with van der Waals surface area (Å²) in [6.45, 7) is 10.4. The first-order valence-corrected chi connectivity index (χ1v) is 6.69. The number of benzene rings is 1. The standard InChI is InChI=1S/C15H20ClN3O/c1-4-8-19(9-5-2)11(3)15(20)18-12-6-7-13(16)14(17)10-12/h4-7,10-11H,1-2,8-9,17H2,3H3,(H,18,20). The van der Waals surface area contributed by atoms with Gasteiger partial charge in [-0.15, -0.1) is 13.2 Å². The number of carbonyl (C=O) groups excluding carboxylic acids is 1. The van der Waals surface area contributed by atoms with E-state index in [1.165, 1.54) is 0 Å². The van der Waals surface area contributed by atoms with Crippen LogP contribution in [0.5, 0.6) is 0 Å². The Morgan fingerprint density at radius 1 is 1.45 bits per heavy atom. The predicted octanol–water partition coefficient (Wildman–Crippen LogP) is 2.92. The number of halogens is 1. The van der Waals surface area contributed by atoms with Crippen molar-refractivity contribution in [3.05, 3.63) is 48.5 Å². The van der Waals surface area contributed by atoms with E-state index in [0.29, 0.717) is 29.5 Å². The Morgan fingerprint density at radius 3 is 2.55 bits per heavy atom. The van der Waals surface area contributed by atoms with Crippen LogP contribution in [0.2, 0.25) is 5.02 Å². The van der Waals surface area contributed by atoms with Gasteiger partial charge in [0.2, 0.25) is 5.91 Å². The molecule has 0 heterocycles. The van der Waals surface area contributed by atoms with Crippen molar-refractivity contribution < 1.29 is 4.79 Å². The normalized spacial score (nSPS) is 11.9. The summed E-state index contributed by atoms with van der Waals surface area (Å²) in [7, 11) is 0. The molecule has 20 heavy (non-hydrogen) atoms. The molecule has 0 saturated heterocycles. The molecule has 4 nitrogen and oxygen atoms in total. The van der Waals surface area contributed by atoms with Gasteiger partial charge >= 0.3 is 0 Å². The van der Waals surface area contributed by atoms with Crippen molar-refractivity contribution in [1.29, 1.82) is 0 Å². The molecule has 3 N–H and O–H groups in total. The highest BCUT2D eigenvalue weighted by Gasteiger charge is 2.19. The van der Waals surface area contributed by atoms with Crippen molar-refractivity contribution >= 4 is 28.9 Å². The summed E-state index contributed by atoms with van der Waals surface area (Å²) in [6, 6.07) is 4.71. The summed E-state index contributed by atoms with van der Waals surface area (Å²) in [5.74, 6) is -0.115. The van der Waals surface area contributed by atoms with E-state index in [1.54, 1.807) is 30.4 Å². The summed E-state index contributed by atoms with van der Waals surface area (Å²) in [6.07, 6.45) is 3.51. The number of nitrogens with two attached hydrogens (primary N) is 1. The zero-order chi connectivity index (χ0) is 15.1. The Balaban J connectivity index is 2.75. The number of nitrogen functional groups attached to an aromatic ring is 1. The van der Waals surface area contributed by atoms with Gasteiger partial charge in [0.15, 0.2) is 0 Å². The Bertz CT molecular complexity index is 492. The van der Waals surface area contributed by atoms with Gasteiger partial charge in [0.25, 0.3) is 0 Å². The second-order valence-corrected chi connectivity index (χ2v) is 4.84.